The Morgan fingerprint density at radius 1 is 1.26 bits per heavy atom. The van der Waals surface area contributed by atoms with Crippen molar-refractivity contribution in [3.63, 3.8) is 0 Å². The number of hydrogen-bond acceptors (Lipinski definition) is 3. The van der Waals surface area contributed by atoms with Crippen LogP contribution >= 0.6 is 0 Å². The Morgan fingerprint density at radius 3 is 2.84 bits per heavy atom. The van der Waals surface area contributed by atoms with Crippen molar-refractivity contribution >= 4 is 16.6 Å². The second-order valence-electron chi connectivity index (χ2n) is 5.94. The first kappa shape index (κ1) is 12.3. The fourth-order valence-corrected chi connectivity index (χ4v) is 3.00. The normalized spacial score (nSPS) is 17.7. The Balaban J connectivity index is 1.86. The number of fused-ring (bicyclic) bond motifs is 1. The molecule has 1 fully saturated rings. The summed E-state index contributed by atoms with van der Waals surface area (Å²) in [5.74, 6) is 1.16. The van der Waals surface area contributed by atoms with Crippen LogP contribution in [0.15, 0.2) is 30.5 Å². The average molecular weight is 256 g/mol. The highest BCUT2D eigenvalue weighted by Gasteiger charge is 2.28. The number of aromatic nitrogens is 1. The molecule has 1 saturated carbocycles. The average Bonchev–Trinajstić information content (AvgIpc) is 2.84. The van der Waals surface area contributed by atoms with Gasteiger partial charge in [-0.05, 0) is 41.8 Å². The maximum atomic E-state index is 9.63. The van der Waals surface area contributed by atoms with E-state index in [-0.39, 0.29) is 5.75 Å². The van der Waals surface area contributed by atoms with Crippen molar-refractivity contribution in [1.29, 1.82) is 0 Å². The minimum atomic E-state index is 0.288. The summed E-state index contributed by atoms with van der Waals surface area (Å²) in [6.45, 7) is 3.30. The zero-order valence-corrected chi connectivity index (χ0v) is 11.3. The van der Waals surface area contributed by atoms with Crippen molar-refractivity contribution in [1.82, 2.24) is 4.98 Å². The van der Waals surface area contributed by atoms with Gasteiger partial charge in [-0.1, -0.05) is 25.8 Å². The third-order valence-corrected chi connectivity index (χ3v) is 4.24. The van der Waals surface area contributed by atoms with Crippen LogP contribution in [0.5, 0.6) is 5.75 Å². The SMILES string of the molecule is CC1(CNc2nccc3ccc(O)cc23)CCCC1. The minimum Gasteiger partial charge on any atom is -0.508 e. The van der Waals surface area contributed by atoms with Crippen molar-refractivity contribution in [2.75, 3.05) is 11.9 Å². The number of nitrogens with one attached hydrogen (secondary N) is 1. The Bertz CT molecular complexity index is 588. The van der Waals surface area contributed by atoms with Gasteiger partial charge in [-0.15, -0.1) is 0 Å². The van der Waals surface area contributed by atoms with Gasteiger partial charge in [0.05, 0.1) is 0 Å². The van der Waals surface area contributed by atoms with Gasteiger partial charge in [0.25, 0.3) is 0 Å². The molecule has 3 nitrogen and oxygen atoms in total. The highest BCUT2D eigenvalue weighted by atomic mass is 16.3. The zero-order chi connectivity index (χ0) is 13.3. The molecule has 3 heteroatoms. The minimum absolute atomic E-state index is 0.288. The van der Waals surface area contributed by atoms with Gasteiger partial charge < -0.3 is 10.4 Å². The molecule has 0 aliphatic heterocycles. The third kappa shape index (κ3) is 2.50. The van der Waals surface area contributed by atoms with E-state index >= 15 is 0 Å². The lowest BCUT2D eigenvalue weighted by Gasteiger charge is -2.24. The van der Waals surface area contributed by atoms with Crippen molar-refractivity contribution < 1.29 is 5.11 Å². The van der Waals surface area contributed by atoms with Gasteiger partial charge in [-0.2, -0.15) is 0 Å². The summed E-state index contributed by atoms with van der Waals surface area (Å²) in [5, 5.41) is 15.2. The van der Waals surface area contributed by atoms with E-state index in [1.54, 1.807) is 12.1 Å². The molecular weight excluding hydrogens is 236 g/mol. The summed E-state index contributed by atoms with van der Waals surface area (Å²) in [6, 6.07) is 7.39. The molecule has 0 bridgehead atoms. The lowest BCUT2D eigenvalue weighted by atomic mass is 9.89. The van der Waals surface area contributed by atoms with Crippen molar-refractivity contribution in [2.24, 2.45) is 5.41 Å². The lowest BCUT2D eigenvalue weighted by molar-refractivity contribution is 0.362. The van der Waals surface area contributed by atoms with E-state index in [4.69, 9.17) is 0 Å². The van der Waals surface area contributed by atoms with E-state index in [0.29, 0.717) is 5.41 Å². The van der Waals surface area contributed by atoms with Crippen LogP contribution in [-0.2, 0) is 0 Å². The van der Waals surface area contributed by atoms with E-state index in [1.165, 1.54) is 25.7 Å². The number of benzene rings is 1. The smallest absolute Gasteiger partial charge is 0.133 e. The van der Waals surface area contributed by atoms with Crippen molar-refractivity contribution in [3.05, 3.63) is 30.5 Å². The Morgan fingerprint density at radius 2 is 2.05 bits per heavy atom. The van der Waals surface area contributed by atoms with Crippen LogP contribution in [0.3, 0.4) is 0 Å². The molecule has 0 amide bonds. The van der Waals surface area contributed by atoms with Crippen LogP contribution in [0, 0.1) is 5.41 Å². The summed E-state index contributed by atoms with van der Waals surface area (Å²) in [5.41, 5.74) is 0.390. The highest BCUT2D eigenvalue weighted by Crippen LogP contribution is 2.37. The van der Waals surface area contributed by atoms with E-state index < -0.39 is 0 Å². The van der Waals surface area contributed by atoms with Crippen molar-refractivity contribution in [3.8, 4) is 5.75 Å². The maximum absolute atomic E-state index is 9.63. The van der Waals surface area contributed by atoms with Gasteiger partial charge in [0.15, 0.2) is 0 Å². The lowest BCUT2D eigenvalue weighted by Crippen LogP contribution is -2.23. The van der Waals surface area contributed by atoms with Crippen LogP contribution in [0.4, 0.5) is 5.82 Å². The number of hydrogen-bond donors (Lipinski definition) is 2. The van der Waals surface area contributed by atoms with Crippen LogP contribution in [0.1, 0.15) is 32.6 Å². The maximum Gasteiger partial charge on any atom is 0.133 e. The zero-order valence-electron chi connectivity index (χ0n) is 11.3. The van der Waals surface area contributed by atoms with E-state index in [9.17, 15) is 5.11 Å². The third-order valence-electron chi connectivity index (χ3n) is 4.24. The first-order valence-electron chi connectivity index (χ1n) is 6.98. The highest BCUT2D eigenvalue weighted by molar-refractivity contribution is 5.92. The summed E-state index contributed by atoms with van der Waals surface area (Å²) in [7, 11) is 0. The standard InChI is InChI=1S/C16H20N2O/c1-16(7-2-3-8-16)11-18-15-14-10-13(19)5-4-12(14)6-9-17-15/h4-6,9-10,19H,2-3,7-8,11H2,1H3,(H,17,18). The number of aromatic hydroxyl groups is 1. The first-order valence-corrected chi connectivity index (χ1v) is 6.98. The molecule has 0 saturated heterocycles. The number of rotatable bonds is 3. The molecule has 19 heavy (non-hydrogen) atoms. The second kappa shape index (κ2) is 4.72. The molecular formula is C16H20N2O. The fraction of sp³-hybridized carbons (Fsp3) is 0.438. The van der Waals surface area contributed by atoms with Crippen molar-refractivity contribution in [2.45, 2.75) is 32.6 Å². The Kier molecular flexibility index (Phi) is 3.05. The molecule has 1 aromatic heterocycles. The van der Waals surface area contributed by atoms with E-state index in [0.717, 1.165) is 23.1 Å². The predicted molar refractivity (Wildman–Crippen MR) is 78.5 cm³/mol. The first-order chi connectivity index (χ1) is 9.16. The summed E-state index contributed by atoms with van der Waals surface area (Å²) >= 11 is 0. The van der Waals surface area contributed by atoms with Gasteiger partial charge in [-0.3, -0.25) is 0 Å². The monoisotopic (exact) mass is 256 g/mol. The molecule has 1 aromatic carbocycles. The van der Waals surface area contributed by atoms with Gasteiger partial charge in [0.1, 0.15) is 11.6 Å². The molecule has 1 aliphatic carbocycles. The van der Waals surface area contributed by atoms with Crippen LogP contribution in [-0.4, -0.2) is 16.6 Å². The van der Waals surface area contributed by atoms with E-state index in [2.05, 4.69) is 17.2 Å². The molecule has 2 aromatic rings. The molecule has 0 unspecified atom stereocenters. The molecule has 2 N–H and O–H groups in total. The van der Waals surface area contributed by atoms with Gasteiger partial charge in [0, 0.05) is 18.1 Å². The molecule has 100 valence electrons. The number of phenolic OH excluding ortho intramolecular Hbond substituents is 1. The summed E-state index contributed by atoms with van der Waals surface area (Å²) in [4.78, 5) is 4.42. The largest absolute Gasteiger partial charge is 0.508 e. The second-order valence-corrected chi connectivity index (χ2v) is 5.94. The summed E-state index contributed by atoms with van der Waals surface area (Å²) in [6.07, 6.45) is 7.06. The fourth-order valence-electron chi connectivity index (χ4n) is 3.00. The topological polar surface area (TPSA) is 45.2 Å². The number of anilines is 1. The molecule has 0 atom stereocenters. The molecule has 0 radical (unpaired) electrons. The number of phenols is 1. The number of nitrogens with zero attached hydrogens (tertiary/aromatic N) is 1. The van der Waals surface area contributed by atoms with Gasteiger partial charge in [0.2, 0.25) is 0 Å². The van der Waals surface area contributed by atoms with Crippen LogP contribution < -0.4 is 5.32 Å². The van der Waals surface area contributed by atoms with Crippen LogP contribution in [0.2, 0.25) is 0 Å². The van der Waals surface area contributed by atoms with E-state index in [1.807, 2.05) is 18.3 Å². The molecule has 0 spiro atoms. The number of pyridine rings is 1. The molecule has 3 rings (SSSR count). The quantitative estimate of drug-likeness (QED) is 0.874. The Labute approximate surface area is 113 Å². The van der Waals surface area contributed by atoms with Crippen LogP contribution in [0.25, 0.3) is 10.8 Å². The molecule has 1 heterocycles. The summed E-state index contributed by atoms with van der Waals surface area (Å²) < 4.78 is 0. The molecule has 1 aliphatic rings. The Hall–Kier alpha value is -1.77. The van der Waals surface area contributed by atoms with Gasteiger partial charge in [-0.25, -0.2) is 4.98 Å². The predicted octanol–water partition coefficient (Wildman–Crippen LogP) is 3.93. The van der Waals surface area contributed by atoms with Gasteiger partial charge >= 0.3 is 0 Å².